The molecule has 0 aliphatic carbocycles. The van der Waals surface area contributed by atoms with Crippen LogP contribution < -0.4 is 10.6 Å². The number of nitrogens with zero attached hydrogens (tertiary/aromatic N) is 1. The van der Waals surface area contributed by atoms with Crippen LogP contribution in [0.25, 0.3) is 0 Å². The molecule has 0 spiro atoms. The van der Waals surface area contributed by atoms with E-state index in [0.717, 1.165) is 11.3 Å². The van der Waals surface area contributed by atoms with Crippen molar-refractivity contribution < 1.29 is 9.90 Å². The summed E-state index contributed by atoms with van der Waals surface area (Å²) in [5.74, 6) is -0.969. The van der Waals surface area contributed by atoms with E-state index in [2.05, 4.69) is 0 Å². The first-order valence-electron chi connectivity index (χ1n) is 4.76. The molecule has 0 unspecified atom stereocenters. The number of hydrogen-bond acceptors (Lipinski definition) is 3. The molecule has 0 bridgehead atoms. The molecule has 0 radical (unpaired) electrons. The van der Waals surface area contributed by atoms with Crippen molar-refractivity contribution in [1.82, 2.24) is 0 Å². The number of hydrogen-bond donors (Lipinski definition) is 2. The second kappa shape index (κ2) is 4.79. The third-order valence-electron chi connectivity index (χ3n) is 2.23. The monoisotopic (exact) mass is 208 g/mol. The van der Waals surface area contributed by atoms with E-state index in [1.54, 1.807) is 0 Å². The average Bonchev–Trinajstić information content (AvgIpc) is 2.18. The number of benzene rings is 1. The highest BCUT2D eigenvalue weighted by molar-refractivity contribution is 5.74. The van der Waals surface area contributed by atoms with Crippen molar-refractivity contribution in [3.63, 3.8) is 0 Å². The number of rotatable bonds is 4. The van der Waals surface area contributed by atoms with E-state index < -0.39 is 12.0 Å². The van der Waals surface area contributed by atoms with Gasteiger partial charge in [0.1, 0.15) is 6.04 Å². The van der Waals surface area contributed by atoms with Gasteiger partial charge in [-0.25, -0.2) is 0 Å². The Kier molecular flexibility index (Phi) is 3.68. The summed E-state index contributed by atoms with van der Waals surface area (Å²) in [6.07, 6.45) is 0.351. The van der Waals surface area contributed by atoms with Crippen molar-refractivity contribution in [2.45, 2.75) is 12.5 Å². The van der Waals surface area contributed by atoms with Crippen molar-refractivity contribution in [3.8, 4) is 0 Å². The molecule has 1 atom stereocenters. The maximum atomic E-state index is 10.6. The minimum absolute atomic E-state index is 0.351. The fraction of sp³-hybridized carbons (Fsp3) is 0.364. The molecule has 0 saturated carbocycles. The zero-order chi connectivity index (χ0) is 11.4. The predicted octanol–water partition coefficient (Wildman–Crippen LogP) is 0.707. The summed E-state index contributed by atoms with van der Waals surface area (Å²) in [6.45, 7) is 0. The standard InChI is InChI=1S/C11H16N2O2/c1-13(2)10-6-4-3-5-8(10)7-9(12)11(14)15/h3-6,9H,7,12H2,1-2H3,(H,14,15)/t9-/m1/s1. The number of nitrogens with two attached hydrogens (primary N) is 1. The highest BCUT2D eigenvalue weighted by Crippen LogP contribution is 2.18. The van der Waals surface area contributed by atoms with Gasteiger partial charge in [-0.2, -0.15) is 0 Å². The summed E-state index contributed by atoms with van der Waals surface area (Å²) in [4.78, 5) is 12.6. The van der Waals surface area contributed by atoms with Crippen LogP contribution in [0.1, 0.15) is 5.56 Å². The molecule has 4 heteroatoms. The molecule has 0 aliphatic rings. The van der Waals surface area contributed by atoms with Crippen molar-refractivity contribution in [2.75, 3.05) is 19.0 Å². The van der Waals surface area contributed by atoms with Crippen LogP contribution in [-0.4, -0.2) is 31.2 Å². The summed E-state index contributed by atoms with van der Waals surface area (Å²) >= 11 is 0. The Hall–Kier alpha value is -1.55. The van der Waals surface area contributed by atoms with Gasteiger partial charge in [0, 0.05) is 26.2 Å². The third kappa shape index (κ3) is 2.95. The van der Waals surface area contributed by atoms with Crippen LogP contribution in [0, 0.1) is 0 Å². The smallest absolute Gasteiger partial charge is 0.320 e. The quantitative estimate of drug-likeness (QED) is 0.764. The van der Waals surface area contributed by atoms with E-state index in [9.17, 15) is 4.79 Å². The van der Waals surface area contributed by atoms with Crippen molar-refractivity contribution in [1.29, 1.82) is 0 Å². The molecule has 1 aromatic carbocycles. The minimum Gasteiger partial charge on any atom is -0.480 e. The van der Waals surface area contributed by atoms with Crippen molar-refractivity contribution in [3.05, 3.63) is 29.8 Å². The van der Waals surface area contributed by atoms with E-state index in [0.29, 0.717) is 6.42 Å². The molecular weight excluding hydrogens is 192 g/mol. The predicted molar refractivity (Wildman–Crippen MR) is 60.1 cm³/mol. The first-order chi connectivity index (χ1) is 7.02. The molecule has 1 rings (SSSR count). The van der Waals surface area contributed by atoms with E-state index in [4.69, 9.17) is 10.8 Å². The molecule has 1 aromatic rings. The van der Waals surface area contributed by atoms with E-state index in [-0.39, 0.29) is 0 Å². The van der Waals surface area contributed by atoms with Gasteiger partial charge in [0.15, 0.2) is 0 Å². The number of anilines is 1. The lowest BCUT2D eigenvalue weighted by Gasteiger charge is -2.18. The van der Waals surface area contributed by atoms with E-state index in [1.165, 1.54) is 0 Å². The molecule has 0 heterocycles. The molecule has 0 aliphatic heterocycles. The highest BCUT2D eigenvalue weighted by atomic mass is 16.4. The largest absolute Gasteiger partial charge is 0.480 e. The molecule has 15 heavy (non-hydrogen) atoms. The topological polar surface area (TPSA) is 66.6 Å². The van der Waals surface area contributed by atoms with Crippen LogP contribution in [-0.2, 0) is 11.2 Å². The van der Waals surface area contributed by atoms with Crippen LogP contribution in [0.4, 0.5) is 5.69 Å². The van der Waals surface area contributed by atoms with Gasteiger partial charge >= 0.3 is 5.97 Å². The summed E-state index contributed by atoms with van der Waals surface area (Å²) < 4.78 is 0. The van der Waals surface area contributed by atoms with Gasteiger partial charge in [0.05, 0.1) is 0 Å². The molecule has 0 fully saturated rings. The number of carboxylic acids is 1. The molecule has 82 valence electrons. The zero-order valence-electron chi connectivity index (χ0n) is 8.97. The normalized spacial score (nSPS) is 12.2. The lowest BCUT2D eigenvalue weighted by molar-refractivity contribution is -0.138. The first-order valence-corrected chi connectivity index (χ1v) is 4.76. The lowest BCUT2D eigenvalue weighted by Crippen LogP contribution is -2.32. The Balaban J connectivity index is 2.89. The maximum Gasteiger partial charge on any atom is 0.320 e. The Morgan fingerprint density at radius 2 is 2.07 bits per heavy atom. The van der Waals surface area contributed by atoms with Crippen LogP contribution in [0.2, 0.25) is 0 Å². The van der Waals surface area contributed by atoms with Crippen LogP contribution >= 0.6 is 0 Å². The third-order valence-corrected chi connectivity index (χ3v) is 2.23. The Morgan fingerprint density at radius 1 is 1.47 bits per heavy atom. The Bertz CT molecular complexity index is 350. The minimum atomic E-state index is -0.969. The fourth-order valence-corrected chi connectivity index (χ4v) is 1.44. The summed E-state index contributed by atoms with van der Waals surface area (Å²) in [7, 11) is 3.84. The lowest BCUT2D eigenvalue weighted by atomic mass is 10.0. The Morgan fingerprint density at radius 3 is 2.60 bits per heavy atom. The first kappa shape index (κ1) is 11.5. The molecule has 0 aromatic heterocycles. The maximum absolute atomic E-state index is 10.6. The van der Waals surface area contributed by atoms with Crippen molar-refractivity contribution in [2.24, 2.45) is 5.73 Å². The van der Waals surface area contributed by atoms with Gasteiger partial charge in [0.25, 0.3) is 0 Å². The zero-order valence-corrected chi connectivity index (χ0v) is 8.97. The Labute approximate surface area is 89.3 Å². The number of aliphatic carboxylic acids is 1. The van der Waals surface area contributed by atoms with Gasteiger partial charge in [-0.15, -0.1) is 0 Å². The van der Waals surface area contributed by atoms with Gasteiger partial charge in [-0.1, -0.05) is 18.2 Å². The van der Waals surface area contributed by atoms with Gasteiger partial charge in [-0.05, 0) is 11.6 Å². The number of para-hydroxylation sites is 1. The summed E-state index contributed by atoms with van der Waals surface area (Å²) in [6, 6.07) is 6.82. The number of carbonyl (C=O) groups is 1. The van der Waals surface area contributed by atoms with Crippen LogP contribution in [0.5, 0.6) is 0 Å². The van der Waals surface area contributed by atoms with E-state index in [1.807, 2.05) is 43.3 Å². The van der Waals surface area contributed by atoms with Gasteiger partial charge < -0.3 is 15.7 Å². The molecule has 3 N–H and O–H groups in total. The SMILES string of the molecule is CN(C)c1ccccc1C[C@@H](N)C(=O)O. The second-order valence-electron chi connectivity index (χ2n) is 3.67. The molecular formula is C11H16N2O2. The molecule has 0 saturated heterocycles. The van der Waals surface area contributed by atoms with Gasteiger partial charge in [0.2, 0.25) is 0 Å². The fourth-order valence-electron chi connectivity index (χ4n) is 1.44. The van der Waals surface area contributed by atoms with Crippen LogP contribution in [0.15, 0.2) is 24.3 Å². The second-order valence-corrected chi connectivity index (χ2v) is 3.67. The average molecular weight is 208 g/mol. The van der Waals surface area contributed by atoms with Gasteiger partial charge in [-0.3, -0.25) is 4.79 Å². The molecule has 4 nitrogen and oxygen atoms in total. The summed E-state index contributed by atoms with van der Waals surface area (Å²) in [5.41, 5.74) is 7.46. The van der Waals surface area contributed by atoms with E-state index >= 15 is 0 Å². The number of carboxylic acid groups (broad SMARTS) is 1. The van der Waals surface area contributed by atoms with Crippen molar-refractivity contribution >= 4 is 11.7 Å². The highest BCUT2D eigenvalue weighted by Gasteiger charge is 2.14. The summed E-state index contributed by atoms with van der Waals surface area (Å²) in [5, 5.41) is 8.73. The van der Waals surface area contributed by atoms with Crippen LogP contribution in [0.3, 0.4) is 0 Å². The molecule has 0 amide bonds.